The van der Waals surface area contributed by atoms with Crippen molar-refractivity contribution in [2.75, 3.05) is 7.11 Å². The van der Waals surface area contributed by atoms with Crippen molar-refractivity contribution in [1.29, 1.82) is 0 Å². The lowest BCUT2D eigenvalue weighted by Crippen LogP contribution is -1.99. The van der Waals surface area contributed by atoms with Crippen LogP contribution in [-0.4, -0.2) is 17.1 Å². The summed E-state index contributed by atoms with van der Waals surface area (Å²) >= 11 is 6.00. The van der Waals surface area contributed by atoms with Gasteiger partial charge in [-0.15, -0.1) is 0 Å². The van der Waals surface area contributed by atoms with Crippen molar-refractivity contribution >= 4 is 22.5 Å². The molecule has 5 heteroatoms. The number of rotatable bonds is 4. The molecule has 0 saturated heterocycles. The molecule has 0 unspecified atom stereocenters. The van der Waals surface area contributed by atoms with Gasteiger partial charge in [0.1, 0.15) is 17.5 Å². The Hall–Kier alpha value is -2.33. The van der Waals surface area contributed by atoms with Crippen molar-refractivity contribution in [3.63, 3.8) is 0 Å². The van der Waals surface area contributed by atoms with E-state index in [4.69, 9.17) is 21.1 Å². The van der Waals surface area contributed by atoms with E-state index in [-0.39, 0.29) is 0 Å². The number of benzene rings is 1. The lowest BCUT2D eigenvalue weighted by molar-refractivity contribution is 0.298. The minimum Gasteiger partial charge on any atom is -0.497 e. The van der Waals surface area contributed by atoms with Crippen LogP contribution in [-0.2, 0) is 6.61 Å². The highest BCUT2D eigenvalue weighted by Crippen LogP contribution is 2.25. The molecule has 21 heavy (non-hydrogen) atoms. The van der Waals surface area contributed by atoms with E-state index in [1.54, 1.807) is 19.4 Å². The first kappa shape index (κ1) is 13.6. The Kier molecular flexibility index (Phi) is 3.88. The van der Waals surface area contributed by atoms with E-state index in [1.165, 1.54) is 0 Å². The van der Waals surface area contributed by atoms with Gasteiger partial charge in [-0.1, -0.05) is 23.7 Å². The Morgan fingerprint density at radius 3 is 2.71 bits per heavy atom. The maximum absolute atomic E-state index is 6.00. The fourth-order valence-electron chi connectivity index (χ4n) is 2.00. The van der Waals surface area contributed by atoms with Crippen LogP contribution >= 0.6 is 11.6 Å². The number of pyridine rings is 2. The number of methoxy groups -OCH3 is 1. The van der Waals surface area contributed by atoms with E-state index in [2.05, 4.69) is 9.97 Å². The third-order valence-electron chi connectivity index (χ3n) is 3.07. The van der Waals surface area contributed by atoms with E-state index < -0.39 is 0 Å². The fourth-order valence-corrected chi connectivity index (χ4v) is 2.18. The quantitative estimate of drug-likeness (QED) is 0.686. The molecule has 3 rings (SSSR count). The van der Waals surface area contributed by atoms with Gasteiger partial charge in [-0.3, -0.25) is 4.98 Å². The van der Waals surface area contributed by atoms with Crippen LogP contribution in [0.4, 0.5) is 0 Å². The Balaban J connectivity index is 1.84. The number of aromatic nitrogens is 2. The number of hydrogen-bond donors (Lipinski definition) is 0. The van der Waals surface area contributed by atoms with Gasteiger partial charge in [-0.05, 0) is 29.8 Å². The number of ether oxygens (including phenoxy) is 2. The molecular formula is C16H13ClN2O2. The number of halogens is 1. The second-order valence-corrected chi connectivity index (χ2v) is 4.84. The summed E-state index contributed by atoms with van der Waals surface area (Å²) in [5, 5.41) is 1.21. The molecule has 0 spiro atoms. The SMILES string of the molecule is COc1ccc(COc2nc(Cl)cc3ncccc23)cc1. The molecule has 0 radical (unpaired) electrons. The maximum Gasteiger partial charge on any atom is 0.224 e. The van der Waals surface area contributed by atoms with Crippen molar-refractivity contribution < 1.29 is 9.47 Å². The van der Waals surface area contributed by atoms with Gasteiger partial charge in [-0.2, -0.15) is 0 Å². The predicted octanol–water partition coefficient (Wildman–Crippen LogP) is 3.87. The summed E-state index contributed by atoms with van der Waals surface area (Å²) in [7, 11) is 1.64. The average molecular weight is 301 g/mol. The van der Waals surface area contributed by atoms with Gasteiger partial charge in [0, 0.05) is 12.3 Å². The Bertz CT molecular complexity index is 760. The summed E-state index contributed by atoms with van der Waals surface area (Å²) in [6.07, 6.45) is 1.71. The topological polar surface area (TPSA) is 44.2 Å². The molecule has 2 aromatic heterocycles. The molecular weight excluding hydrogens is 288 g/mol. The second kappa shape index (κ2) is 5.97. The first-order valence-corrected chi connectivity index (χ1v) is 6.81. The van der Waals surface area contributed by atoms with Crippen LogP contribution in [0.2, 0.25) is 5.15 Å². The zero-order valence-corrected chi connectivity index (χ0v) is 12.2. The van der Waals surface area contributed by atoms with Gasteiger partial charge in [0.2, 0.25) is 5.88 Å². The zero-order valence-electron chi connectivity index (χ0n) is 11.4. The molecule has 0 aliphatic heterocycles. The monoisotopic (exact) mass is 300 g/mol. The highest BCUT2D eigenvalue weighted by atomic mass is 35.5. The van der Waals surface area contributed by atoms with Crippen molar-refractivity contribution in [3.05, 3.63) is 59.4 Å². The van der Waals surface area contributed by atoms with Crippen LogP contribution in [0.3, 0.4) is 0 Å². The first-order chi connectivity index (χ1) is 10.3. The molecule has 0 fully saturated rings. The molecule has 0 amide bonds. The van der Waals surface area contributed by atoms with Crippen LogP contribution in [0.25, 0.3) is 10.9 Å². The van der Waals surface area contributed by atoms with Crippen molar-refractivity contribution in [2.24, 2.45) is 0 Å². The number of nitrogens with zero attached hydrogens (tertiary/aromatic N) is 2. The van der Waals surface area contributed by atoms with Gasteiger partial charge < -0.3 is 9.47 Å². The Morgan fingerprint density at radius 2 is 1.95 bits per heavy atom. The van der Waals surface area contributed by atoms with E-state index in [1.807, 2.05) is 36.4 Å². The van der Waals surface area contributed by atoms with Crippen LogP contribution in [0.1, 0.15) is 5.56 Å². The Labute approximate surface area is 127 Å². The standard InChI is InChI=1S/C16H13ClN2O2/c1-20-12-6-4-11(5-7-12)10-21-16-13-3-2-8-18-14(13)9-15(17)19-16/h2-9H,10H2,1H3. The maximum atomic E-state index is 6.00. The van der Waals surface area contributed by atoms with E-state index in [0.717, 1.165) is 22.2 Å². The number of hydrogen-bond acceptors (Lipinski definition) is 4. The molecule has 0 saturated carbocycles. The van der Waals surface area contributed by atoms with Gasteiger partial charge in [-0.25, -0.2) is 4.98 Å². The minimum absolute atomic E-state index is 0.367. The van der Waals surface area contributed by atoms with Crippen LogP contribution in [0, 0.1) is 0 Å². The summed E-state index contributed by atoms with van der Waals surface area (Å²) in [6.45, 7) is 0.404. The third kappa shape index (κ3) is 3.06. The van der Waals surface area contributed by atoms with Crippen LogP contribution < -0.4 is 9.47 Å². The molecule has 106 valence electrons. The molecule has 4 nitrogen and oxygen atoms in total. The molecule has 0 N–H and O–H groups in total. The van der Waals surface area contributed by atoms with E-state index in [0.29, 0.717) is 17.6 Å². The predicted molar refractivity (Wildman–Crippen MR) is 81.9 cm³/mol. The molecule has 0 atom stereocenters. The summed E-state index contributed by atoms with van der Waals surface area (Å²) in [4.78, 5) is 8.49. The molecule has 3 aromatic rings. The first-order valence-electron chi connectivity index (χ1n) is 6.43. The average Bonchev–Trinajstić information content (AvgIpc) is 2.53. The summed E-state index contributed by atoms with van der Waals surface area (Å²) < 4.78 is 10.9. The largest absolute Gasteiger partial charge is 0.497 e. The molecule has 0 aliphatic carbocycles. The van der Waals surface area contributed by atoms with Crippen molar-refractivity contribution in [2.45, 2.75) is 6.61 Å². The van der Waals surface area contributed by atoms with E-state index in [9.17, 15) is 0 Å². The van der Waals surface area contributed by atoms with Crippen LogP contribution in [0.5, 0.6) is 11.6 Å². The summed E-state index contributed by atoms with van der Waals surface area (Å²) in [6, 6.07) is 13.2. The van der Waals surface area contributed by atoms with Gasteiger partial charge in [0.15, 0.2) is 0 Å². The molecule has 2 heterocycles. The van der Waals surface area contributed by atoms with Gasteiger partial charge >= 0.3 is 0 Å². The van der Waals surface area contributed by atoms with E-state index >= 15 is 0 Å². The lowest BCUT2D eigenvalue weighted by Gasteiger charge is -2.09. The minimum atomic E-state index is 0.367. The van der Waals surface area contributed by atoms with Crippen molar-refractivity contribution in [3.8, 4) is 11.6 Å². The van der Waals surface area contributed by atoms with Gasteiger partial charge in [0.25, 0.3) is 0 Å². The second-order valence-electron chi connectivity index (χ2n) is 4.46. The van der Waals surface area contributed by atoms with Crippen molar-refractivity contribution in [1.82, 2.24) is 9.97 Å². The molecule has 0 aliphatic rings. The van der Waals surface area contributed by atoms with Gasteiger partial charge in [0.05, 0.1) is 18.0 Å². The zero-order chi connectivity index (χ0) is 14.7. The molecule has 1 aromatic carbocycles. The Morgan fingerprint density at radius 1 is 1.14 bits per heavy atom. The molecule has 0 bridgehead atoms. The summed E-state index contributed by atoms with van der Waals surface area (Å²) in [5.74, 6) is 1.30. The fraction of sp³-hybridized carbons (Fsp3) is 0.125. The lowest BCUT2D eigenvalue weighted by atomic mass is 10.2. The highest BCUT2D eigenvalue weighted by molar-refractivity contribution is 6.30. The third-order valence-corrected chi connectivity index (χ3v) is 3.26. The number of fused-ring (bicyclic) bond motifs is 1. The van der Waals surface area contributed by atoms with Crippen LogP contribution in [0.15, 0.2) is 48.7 Å². The normalized spacial score (nSPS) is 10.6. The smallest absolute Gasteiger partial charge is 0.224 e. The highest BCUT2D eigenvalue weighted by Gasteiger charge is 2.07. The summed E-state index contributed by atoms with van der Waals surface area (Å²) in [5.41, 5.74) is 1.79.